The summed E-state index contributed by atoms with van der Waals surface area (Å²) in [5.74, 6) is -5.08. The number of methoxy groups -OCH3 is 4. The number of fused-ring (bicyclic) bond motifs is 4. The van der Waals surface area contributed by atoms with Crippen molar-refractivity contribution >= 4 is 176 Å². The van der Waals surface area contributed by atoms with E-state index in [0.717, 1.165) is 73.0 Å². The van der Waals surface area contributed by atoms with Crippen LogP contribution in [0, 0.1) is 78.4 Å². The maximum absolute atomic E-state index is 13.0. The van der Waals surface area contributed by atoms with Crippen molar-refractivity contribution in [3.8, 4) is 0 Å². The molecule has 0 spiro atoms. The molecule has 5 aromatic carbocycles. The molecule has 2 N–H and O–H groups in total. The average molecular weight is 2060 g/mol. The molecule has 12 atom stereocenters. The number of carbonyl (C=O) groups is 9. The molecule has 4 heterocycles. The number of hydrogen-bond acceptors (Lipinski definition) is 16. The van der Waals surface area contributed by atoms with Gasteiger partial charge in [0.05, 0.1) is 126 Å². The van der Waals surface area contributed by atoms with Crippen LogP contribution in [0.4, 0.5) is 0 Å². The number of esters is 4. The van der Waals surface area contributed by atoms with Gasteiger partial charge in [0.25, 0.3) is 0 Å². The number of rotatable bonds is 19. The summed E-state index contributed by atoms with van der Waals surface area (Å²) in [5, 5.41) is 17.8. The van der Waals surface area contributed by atoms with E-state index in [1.165, 1.54) is 34.5 Å². The van der Waals surface area contributed by atoms with Crippen molar-refractivity contribution < 1.29 is 97.9 Å². The summed E-state index contributed by atoms with van der Waals surface area (Å²) in [4.78, 5) is 133. The van der Waals surface area contributed by atoms with Crippen LogP contribution in [-0.2, 0) is 125 Å². The summed E-state index contributed by atoms with van der Waals surface area (Å²) in [7, 11) is 5.46. The van der Waals surface area contributed by atoms with Crippen molar-refractivity contribution in [3.05, 3.63) is 262 Å². The standard InChI is InChI=1S/3C18H19Cl2NO3.C17H17Cl2NO3.C13H15Cl2N.C5H8O2.CO2.CH3.W/c3*1-24-18(23)13-4-2-3-12-7-8-21(17(22)16(12)13)10-11-5-6-14(19)15(20)9-11;18-13-5-4-10(8-14(13)19)9-20-7-6-11-2-1-3-12(17(22)23)15(11)16(20)21;1-2-3-4-5-8-16-10-11-6-7-12(14)13(15)9-11;1-3-4-5(6)7-2;2-1-3;;/h3*2-3,5-6,9,12-13,16H,4,7-8,10H2,1H3;1-2,4-5,8,11-12,15H,3,6-7,9H2,(H,22,23);2-4,6-7,9,16H,1,5,8,10H2;3-4H,1-2H3;;1H3;/q;;;;;;;-1;/b;;;;2*4-3+;;;/t12-,13+,16+;12-,13-,16+;12-,13-,16-;11-,12+,15-;;;;;/m1100...../s1. The number of hydrogen-bond donors (Lipinski definition) is 2. The Labute approximate surface area is 783 Å². The number of nitrogens with zero attached hydrogens (tertiary/aromatic N) is 4. The van der Waals surface area contributed by atoms with Crippen LogP contribution in [0.5, 0.6) is 0 Å². The third-order valence-corrected chi connectivity index (χ3v) is 25.5. The fourth-order valence-corrected chi connectivity index (χ4v) is 17.5. The van der Waals surface area contributed by atoms with Gasteiger partial charge < -0.3 is 56.4 Å². The second kappa shape index (κ2) is 53.8. The first kappa shape index (κ1) is 106. The zero-order valence-electron chi connectivity index (χ0n) is 68.8. The minimum Gasteiger partial charge on any atom is -0.481 e. The smallest absolute Gasteiger partial charge is 0.373 e. The summed E-state index contributed by atoms with van der Waals surface area (Å²) >= 11 is 59.7. The van der Waals surface area contributed by atoms with Crippen LogP contribution in [0.3, 0.4) is 0 Å². The van der Waals surface area contributed by atoms with E-state index in [1.807, 2.05) is 78.9 Å². The molecule has 13 rings (SSSR count). The van der Waals surface area contributed by atoms with Crippen LogP contribution in [0.15, 0.2) is 177 Å². The van der Waals surface area contributed by atoms with Crippen molar-refractivity contribution in [2.75, 3.05) is 61.2 Å². The Morgan fingerprint density at radius 1 is 0.447 bits per heavy atom. The summed E-state index contributed by atoms with van der Waals surface area (Å²) in [6.45, 7) is 11.6. The van der Waals surface area contributed by atoms with E-state index in [-0.39, 0.29) is 124 Å². The van der Waals surface area contributed by atoms with Gasteiger partial charge in [-0.2, -0.15) is 9.59 Å². The Kier molecular flexibility index (Phi) is 46.4. The van der Waals surface area contributed by atoms with E-state index in [1.54, 1.807) is 87.2 Å². The molecule has 0 aromatic heterocycles. The molecule has 5 aromatic rings. The Balaban J connectivity index is 0.000000266. The third-order valence-electron chi connectivity index (χ3n) is 21.8. The Morgan fingerprint density at radius 2 is 0.715 bits per heavy atom. The number of amides is 4. The first-order chi connectivity index (χ1) is 57.9. The summed E-state index contributed by atoms with van der Waals surface area (Å²) in [6.07, 6.45) is 31.5. The number of carboxylic acid groups (broad SMARTS) is 1. The number of halogens is 10. The molecule has 662 valence electrons. The van der Waals surface area contributed by atoms with Gasteiger partial charge in [-0.1, -0.05) is 226 Å². The SMILES string of the molecule is C/C=C/C(=O)OC.C=C/C=C/CCNCc1ccc(Cl)c(Cl)c1.COC(=O)[C@@H]1CC=C[C@@H]2CCN(Cc3ccc(Cl)c(Cl)c3)C(=O)[C@@H]21.COC(=O)[C@H]1CC=C[C@@H]2CCN(Cc3ccc(Cl)c(Cl)c3)C(=O)[C@@H]21.COC(=O)[C@H]1CC=C[C@H]2CCN(Cc3ccc(Cl)c(Cl)c3)C(=O)[C@H]12.O=C(O)[C@@H]1CC=C[C@H]2CCN(Cc3ccc(Cl)c(Cl)c3)C(=O)[C@@H]21.O=C=O.[CH3-].[W]. The van der Waals surface area contributed by atoms with Crippen LogP contribution in [0.2, 0.25) is 50.2 Å². The topological polar surface area (TPSA) is 270 Å². The van der Waals surface area contributed by atoms with E-state index in [9.17, 15) is 48.3 Å². The third kappa shape index (κ3) is 30.9. The molecule has 8 aliphatic rings. The Morgan fingerprint density at radius 3 is 0.959 bits per heavy atom. The number of carboxylic acids is 1. The van der Waals surface area contributed by atoms with Crippen LogP contribution in [0.25, 0.3) is 0 Å². The molecule has 0 radical (unpaired) electrons. The van der Waals surface area contributed by atoms with Crippen molar-refractivity contribution in [1.29, 1.82) is 0 Å². The van der Waals surface area contributed by atoms with Gasteiger partial charge in [-0.25, -0.2) is 4.79 Å². The number of ether oxygens (including phenoxy) is 4. The van der Waals surface area contributed by atoms with Gasteiger partial charge in [0.2, 0.25) is 23.6 Å². The predicted molar refractivity (Wildman–Crippen MR) is 477 cm³/mol. The number of carbonyl (C=O) groups excluding carboxylic acids is 10. The number of benzene rings is 5. The molecule has 0 saturated carbocycles. The summed E-state index contributed by atoms with van der Waals surface area (Å²) in [5.41, 5.74) is 4.82. The number of piperidine rings is 4. The Hall–Kier alpha value is -7.56. The zero-order chi connectivity index (χ0) is 88.6. The minimum absolute atomic E-state index is 0. The van der Waals surface area contributed by atoms with Gasteiger partial charge >= 0.3 is 36.0 Å². The molecule has 32 heteroatoms. The monoisotopic (exact) mass is 2050 g/mol. The summed E-state index contributed by atoms with van der Waals surface area (Å²) in [6, 6.07) is 27.1. The van der Waals surface area contributed by atoms with Gasteiger partial charge in [-0.15, -0.1) is 0 Å². The van der Waals surface area contributed by atoms with Crippen LogP contribution < -0.4 is 5.32 Å². The van der Waals surface area contributed by atoms with Gasteiger partial charge in [0.15, 0.2) is 0 Å². The van der Waals surface area contributed by atoms with E-state index in [2.05, 4.69) is 40.9 Å². The summed E-state index contributed by atoms with van der Waals surface area (Å²) < 4.78 is 18.9. The number of likely N-dealkylation sites (tertiary alicyclic amines) is 4. The molecule has 4 aliphatic heterocycles. The fraction of sp³-hybridized carbons (Fsp3) is 0.396. The van der Waals surface area contributed by atoms with Gasteiger partial charge in [-0.05, 0) is 183 Å². The van der Waals surface area contributed by atoms with Gasteiger partial charge in [-0.3, -0.25) is 38.4 Å². The number of aliphatic carboxylic acids is 1. The van der Waals surface area contributed by atoms with Crippen molar-refractivity contribution in [2.45, 2.75) is 97.4 Å². The molecule has 4 fully saturated rings. The molecular weight excluding hydrogens is 1960 g/mol. The second-order valence-corrected chi connectivity index (χ2v) is 33.5. The molecule has 0 bridgehead atoms. The van der Waals surface area contributed by atoms with E-state index < -0.39 is 35.6 Å². The molecule has 0 unspecified atom stereocenters. The normalized spacial score (nSPS) is 22.4. The maximum atomic E-state index is 13.0. The van der Waals surface area contributed by atoms with E-state index in [4.69, 9.17) is 140 Å². The molecule has 4 aliphatic carbocycles. The molecule has 123 heavy (non-hydrogen) atoms. The predicted octanol–water partition coefficient (Wildman–Crippen LogP) is 19.6. The first-order valence-electron chi connectivity index (χ1n) is 39.1. The fourth-order valence-electron chi connectivity index (χ4n) is 15.8. The first-order valence-corrected chi connectivity index (χ1v) is 42.9. The maximum Gasteiger partial charge on any atom is 0.373 e. The van der Waals surface area contributed by atoms with E-state index >= 15 is 0 Å². The second-order valence-electron chi connectivity index (χ2n) is 29.4. The van der Waals surface area contributed by atoms with Crippen molar-refractivity contribution in [2.24, 2.45) is 71.0 Å². The van der Waals surface area contributed by atoms with Crippen LogP contribution in [0.1, 0.15) is 92.5 Å². The minimum atomic E-state index is -0.894. The zero-order valence-corrected chi connectivity index (χ0v) is 79.3. The van der Waals surface area contributed by atoms with Crippen molar-refractivity contribution in [1.82, 2.24) is 24.9 Å². The van der Waals surface area contributed by atoms with Gasteiger partial charge in [0.1, 0.15) is 0 Å². The molecule has 4 saturated heterocycles. The molecule has 4 amide bonds. The van der Waals surface area contributed by atoms with Crippen LogP contribution in [-0.4, -0.2) is 145 Å². The average Bonchev–Trinajstić information content (AvgIpc) is 0.801. The van der Waals surface area contributed by atoms with Crippen molar-refractivity contribution in [3.63, 3.8) is 0 Å². The Bertz CT molecular complexity index is 4430. The number of allylic oxidation sites excluding steroid dienone is 11. The largest absolute Gasteiger partial charge is 0.481 e. The van der Waals surface area contributed by atoms with Crippen LogP contribution >= 0.6 is 116 Å². The van der Waals surface area contributed by atoms with E-state index in [0.29, 0.717) is 128 Å². The van der Waals surface area contributed by atoms with Gasteiger partial charge in [0, 0.05) is 86.0 Å². The number of nitrogens with one attached hydrogen (secondary N) is 1. The molecule has 21 nitrogen and oxygen atoms in total. The molecular formula is C91H100Cl10N5O16W-. The quantitative estimate of drug-likeness (QED) is 0.0148.